The van der Waals surface area contributed by atoms with Crippen LogP contribution >= 0.6 is 11.3 Å². The molecule has 0 saturated carbocycles. The SMILES string of the molecule is CCCC(C)(c1ccc2sccc2c1)C(C)NC. The van der Waals surface area contributed by atoms with E-state index in [-0.39, 0.29) is 5.41 Å². The zero-order valence-corrected chi connectivity index (χ0v) is 12.6. The summed E-state index contributed by atoms with van der Waals surface area (Å²) in [6, 6.07) is 9.65. The normalized spacial score (nSPS) is 16.7. The van der Waals surface area contributed by atoms with Crippen LogP contribution in [-0.4, -0.2) is 13.1 Å². The lowest BCUT2D eigenvalue weighted by atomic mass is 9.73. The molecule has 1 nitrogen and oxygen atoms in total. The highest BCUT2D eigenvalue weighted by Gasteiger charge is 2.31. The van der Waals surface area contributed by atoms with Crippen molar-refractivity contribution in [2.24, 2.45) is 0 Å². The van der Waals surface area contributed by atoms with Crippen LogP contribution in [0.25, 0.3) is 10.1 Å². The van der Waals surface area contributed by atoms with Gasteiger partial charge in [-0.05, 0) is 54.9 Å². The molecule has 1 N–H and O–H groups in total. The van der Waals surface area contributed by atoms with Gasteiger partial charge in [-0.1, -0.05) is 26.3 Å². The first-order valence-corrected chi connectivity index (χ1v) is 7.64. The summed E-state index contributed by atoms with van der Waals surface area (Å²) in [7, 11) is 2.06. The number of rotatable bonds is 5. The Morgan fingerprint density at radius 3 is 2.78 bits per heavy atom. The highest BCUT2D eigenvalue weighted by Crippen LogP contribution is 2.35. The first kappa shape index (κ1) is 13.6. The van der Waals surface area contributed by atoms with Gasteiger partial charge in [-0.3, -0.25) is 0 Å². The third-order valence-electron chi connectivity index (χ3n) is 4.27. The molecule has 0 aliphatic heterocycles. The van der Waals surface area contributed by atoms with Crippen LogP contribution in [0.2, 0.25) is 0 Å². The number of hydrogen-bond donors (Lipinski definition) is 1. The van der Waals surface area contributed by atoms with Gasteiger partial charge in [-0.25, -0.2) is 0 Å². The number of fused-ring (bicyclic) bond motifs is 1. The second kappa shape index (κ2) is 5.41. The maximum atomic E-state index is 3.43. The minimum atomic E-state index is 0.208. The van der Waals surface area contributed by atoms with E-state index >= 15 is 0 Å². The van der Waals surface area contributed by atoms with Crippen molar-refractivity contribution in [3.63, 3.8) is 0 Å². The topological polar surface area (TPSA) is 12.0 Å². The van der Waals surface area contributed by atoms with Gasteiger partial charge in [0, 0.05) is 16.2 Å². The number of thiophene rings is 1. The molecule has 0 spiro atoms. The predicted molar refractivity (Wildman–Crippen MR) is 82.6 cm³/mol. The Kier molecular flexibility index (Phi) is 4.08. The third kappa shape index (κ3) is 2.32. The molecule has 18 heavy (non-hydrogen) atoms. The number of likely N-dealkylation sites (N-methyl/N-ethyl adjacent to an activating group) is 1. The van der Waals surface area contributed by atoms with Gasteiger partial charge in [0.2, 0.25) is 0 Å². The Morgan fingerprint density at radius 2 is 2.11 bits per heavy atom. The summed E-state index contributed by atoms with van der Waals surface area (Å²) in [4.78, 5) is 0. The molecule has 98 valence electrons. The Hall–Kier alpha value is -0.860. The number of nitrogens with one attached hydrogen (secondary N) is 1. The molecule has 2 unspecified atom stereocenters. The molecule has 0 fully saturated rings. The van der Waals surface area contributed by atoms with E-state index in [1.165, 1.54) is 28.5 Å². The summed E-state index contributed by atoms with van der Waals surface area (Å²) in [5, 5.41) is 6.98. The monoisotopic (exact) mass is 261 g/mol. The van der Waals surface area contributed by atoms with Gasteiger partial charge >= 0.3 is 0 Å². The summed E-state index contributed by atoms with van der Waals surface area (Å²) in [5.41, 5.74) is 1.66. The van der Waals surface area contributed by atoms with Gasteiger partial charge in [-0.15, -0.1) is 11.3 Å². The van der Waals surface area contributed by atoms with Gasteiger partial charge in [0.15, 0.2) is 0 Å². The van der Waals surface area contributed by atoms with Crippen LogP contribution in [0.5, 0.6) is 0 Å². The second-order valence-corrected chi connectivity index (χ2v) is 6.30. The first-order chi connectivity index (χ1) is 8.61. The van der Waals surface area contributed by atoms with Crippen molar-refractivity contribution in [1.29, 1.82) is 0 Å². The molecular weight excluding hydrogens is 238 g/mol. The zero-order chi connectivity index (χ0) is 13.2. The van der Waals surface area contributed by atoms with Gasteiger partial charge < -0.3 is 5.32 Å². The third-order valence-corrected chi connectivity index (χ3v) is 5.17. The summed E-state index contributed by atoms with van der Waals surface area (Å²) in [5.74, 6) is 0. The van der Waals surface area contributed by atoms with Crippen LogP contribution in [0.1, 0.15) is 39.2 Å². The van der Waals surface area contributed by atoms with E-state index < -0.39 is 0 Å². The molecule has 0 saturated heterocycles. The molecule has 0 aliphatic carbocycles. The highest BCUT2D eigenvalue weighted by molar-refractivity contribution is 7.17. The largest absolute Gasteiger partial charge is 0.316 e. The molecule has 0 aliphatic rings. The Balaban J connectivity index is 2.46. The van der Waals surface area contributed by atoms with Crippen molar-refractivity contribution in [3.05, 3.63) is 35.2 Å². The molecule has 2 atom stereocenters. The molecule has 1 aromatic heterocycles. The van der Waals surface area contributed by atoms with E-state index in [1.807, 2.05) is 11.3 Å². The van der Waals surface area contributed by atoms with E-state index in [9.17, 15) is 0 Å². The maximum absolute atomic E-state index is 3.43. The van der Waals surface area contributed by atoms with E-state index in [0.29, 0.717) is 6.04 Å². The highest BCUT2D eigenvalue weighted by atomic mass is 32.1. The average molecular weight is 261 g/mol. The number of hydrogen-bond acceptors (Lipinski definition) is 2. The predicted octanol–water partition coefficient (Wildman–Crippen LogP) is 4.57. The maximum Gasteiger partial charge on any atom is 0.0342 e. The van der Waals surface area contributed by atoms with E-state index in [2.05, 4.69) is 62.8 Å². The van der Waals surface area contributed by atoms with Gasteiger partial charge in [0.05, 0.1) is 0 Å². The smallest absolute Gasteiger partial charge is 0.0342 e. The average Bonchev–Trinajstić information content (AvgIpc) is 2.85. The molecule has 0 amide bonds. The fraction of sp³-hybridized carbons (Fsp3) is 0.500. The lowest BCUT2D eigenvalue weighted by molar-refractivity contribution is 0.325. The molecule has 2 rings (SSSR count). The standard InChI is InChI=1S/C16H23NS/c1-5-9-16(3,12(2)17-4)14-6-7-15-13(11-14)8-10-18-15/h6-8,10-12,17H,5,9H2,1-4H3. The van der Waals surface area contributed by atoms with Crippen molar-refractivity contribution in [2.75, 3.05) is 7.05 Å². The summed E-state index contributed by atoms with van der Waals surface area (Å²) in [6.07, 6.45) is 2.43. The fourth-order valence-corrected chi connectivity index (χ4v) is 3.54. The van der Waals surface area contributed by atoms with Crippen LogP contribution in [0, 0.1) is 0 Å². The second-order valence-electron chi connectivity index (χ2n) is 5.35. The molecule has 2 aromatic rings. The Morgan fingerprint density at radius 1 is 1.33 bits per heavy atom. The summed E-state index contributed by atoms with van der Waals surface area (Å²) in [6.45, 7) is 6.93. The Bertz CT molecular complexity index is 517. The van der Waals surface area contributed by atoms with Gasteiger partial charge in [0.1, 0.15) is 0 Å². The van der Waals surface area contributed by atoms with E-state index in [1.54, 1.807) is 0 Å². The Labute approximate surface area is 114 Å². The summed E-state index contributed by atoms with van der Waals surface area (Å²) < 4.78 is 1.38. The van der Waals surface area contributed by atoms with Crippen LogP contribution in [0.3, 0.4) is 0 Å². The molecule has 1 aromatic carbocycles. The quantitative estimate of drug-likeness (QED) is 0.831. The molecule has 1 heterocycles. The van der Waals surface area contributed by atoms with Crippen molar-refractivity contribution >= 4 is 21.4 Å². The van der Waals surface area contributed by atoms with Crippen LogP contribution in [0.15, 0.2) is 29.6 Å². The van der Waals surface area contributed by atoms with Crippen LogP contribution < -0.4 is 5.32 Å². The molecule has 0 bridgehead atoms. The number of benzene rings is 1. The minimum absolute atomic E-state index is 0.208. The van der Waals surface area contributed by atoms with Crippen molar-refractivity contribution < 1.29 is 0 Å². The lowest BCUT2D eigenvalue weighted by Gasteiger charge is -2.36. The van der Waals surface area contributed by atoms with Crippen LogP contribution in [0.4, 0.5) is 0 Å². The lowest BCUT2D eigenvalue weighted by Crippen LogP contribution is -2.42. The van der Waals surface area contributed by atoms with Crippen molar-refractivity contribution in [2.45, 2.75) is 45.1 Å². The fourth-order valence-electron chi connectivity index (χ4n) is 2.77. The van der Waals surface area contributed by atoms with Crippen LogP contribution in [-0.2, 0) is 5.41 Å². The van der Waals surface area contributed by atoms with Crippen molar-refractivity contribution in [1.82, 2.24) is 5.32 Å². The first-order valence-electron chi connectivity index (χ1n) is 6.77. The van der Waals surface area contributed by atoms with E-state index in [0.717, 1.165) is 0 Å². The molecule has 0 radical (unpaired) electrons. The molecule has 2 heteroatoms. The van der Waals surface area contributed by atoms with Gasteiger partial charge in [-0.2, -0.15) is 0 Å². The van der Waals surface area contributed by atoms with Crippen molar-refractivity contribution in [3.8, 4) is 0 Å². The van der Waals surface area contributed by atoms with Gasteiger partial charge in [0.25, 0.3) is 0 Å². The summed E-state index contributed by atoms with van der Waals surface area (Å²) >= 11 is 1.82. The minimum Gasteiger partial charge on any atom is -0.316 e. The van der Waals surface area contributed by atoms with E-state index in [4.69, 9.17) is 0 Å². The molecular formula is C16H23NS. The zero-order valence-electron chi connectivity index (χ0n) is 11.8.